The molecule has 1 aliphatic carbocycles. The van der Waals surface area contributed by atoms with Gasteiger partial charge >= 0.3 is 0 Å². The van der Waals surface area contributed by atoms with Crippen LogP contribution in [0.4, 0.5) is 17.1 Å². The number of benzene rings is 10. The lowest BCUT2D eigenvalue weighted by molar-refractivity contribution is 0.768. The van der Waals surface area contributed by atoms with Crippen LogP contribution in [0.25, 0.3) is 64.3 Å². The molecule has 12 rings (SSSR count). The SMILES string of the molecule is c1ccc(-c2cccc3c2sc2cccc(N(c4ccccc4-c4cccc5ccccc45)c4cccc5c4-c4ccccc4C5(c4ccccc4)c4ccccc4)c23)cc1. The molecule has 11 aromatic rings. The van der Waals surface area contributed by atoms with Crippen LogP contribution < -0.4 is 4.90 Å². The Labute approximate surface area is 360 Å². The minimum absolute atomic E-state index is 0.531. The second-order valence-corrected chi connectivity index (χ2v) is 17.0. The molecule has 0 amide bonds. The number of rotatable bonds is 7. The van der Waals surface area contributed by atoms with Crippen LogP contribution >= 0.6 is 11.3 Å². The maximum absolute atomic E-state index is 2.59. The van der Waals surface area contributed by atoms with Crippen LogP contribution in [0.1, 0.15) is 22.3 Å². The van der Waals surface area contributed by atoms with Crippen molar-refractivity contribution in [3.63, 3.8) is 0 Å². The molecule has 1 heterocycles. The second kappa shape index (κ2) is 14.3. The van der Waals surface area contributed by atoms with Gasteiger partial charge in [-0.1, -0.05) is 212 Å². The summed E-state index contributed by atoms with van der Waals surface area (Å²) >= 11 is 1.89. The molecule has 10 aromatic carbocycles. The van der Waals surface area contributed by atoms with Gasteiger partial charge in [-0.3, -0.25) is 0 Å². The van der Waals surface area contributed by atoms with Gasteiger partial charge in [-0.2, -0.15) is 0 Å². The van der Waals surface area contributed by atoms with Gasteiger partial charge < -0.3 is 4.90 Å². The maximum Gasteiger partial charge on any atom is 0.0714 e. The Balaban J connectivity index is 1.22. The minimum Gasteiger partial charge on any atom is -0.309 e. The first-order chi connectivity index (χ1) is 30.3. The topological polar surface area (TPSA) is 3.24 Å². The van der Waals surface area contributed by atoms with Crippen LogP contribution in [-0.2, 0) is 5.41 Å². The van der Waals surface area contributed by atoms with Crippen molar-refractivity contribution >= 4 is 59.3 Å². The van der Waals surface area contributed by atoms with Crippen molar-refractivity contribution < 1.29 is 0 Å². The lowest BCUT2D eigenvalue weighted by Gasteiger charge is -2.35. The highest BCUT2D eigenvalue weighted by atomic mass is 32.1. The van der Waals surface area contributed by atoms with Crippen LogP contribution in [0, 0.1) is 0 Å². The van der Waals surface area contributed by atoms with Gasteiger partial charge in [0.05, 0.1) is 22.5 Å². The van der Waals surface area contributed by atoms with E-state index in [2.05, 4.69) is 241 Å². The lowest BCUT2D eigenvalue weighted by Crippen LogP contribution is -2.28. The molecule has 61 heavy (non-hydrogen) atoms. The van der Waals surface area contributed by atoms with Crippen LogP contribution in [0.2, 0.25) is 0 Å². The molecule has 0 spiro atoms. The zero-order valence-electron chi connectivity index (χ0n) is 33.4. The van der Waals surface area contributed by atoms with E-state index in [9.17, 15) is 0 Å². The molecule has 0 bridgehead atoms. The summed E-state index contributed by atoms with van der Waals surface area (Å²) in [4.78, 5) is 2.59. The van der Waals surface area contributed by atoms with Gasteiger partial charge in [0, 0.05) is 31.3 Å². The van der Waals surface area contributed by atoms with Crippen LogP contribution in [0.15, 0.2) is 237 Å². The van der Waals surface area contributed by atoms with Crippen LogP contribution in [0.5, 0.6) is 0 Å². The molecule has 0 atom stereocenters. The highest BCUT2D eigenvalue weighted by molar-refractivity contribution is 7.26. The molecule has 0 unspecified atom stereocenters. The van der Waals surface area contributed by atoms with Crippen LogP contribution in [-0.4, -0.2) is 0 Å². The zero-order chi connectivity index (χ0) is 40.3. The Morgan fingerprint density at radius 3 is 1.67 bits per heavy atom. The Morgan fingerprint density at radius 1 is 0.344 bits per heavy atom. The molecule has 0 saturated heterocycles. The monoisotopic (exact) mass is 793 g/mol. The number of hydrogen-bond acceptors (Lipinski definition) is 2. The lowest BCUT2D eigenvalue weighted by atomic mass is 9.68. The summed E-state index contributed by atoms with van der Waals surface area (Å²) in [6.07, 6.45) is 0. The van der Waals surface area contributed by atoms with Crippen LogP contribution in [0.3, 0.4) is 0 Å². The highest BCUT2D eigenvalue weighted by Gasteiger charge is 2.47. The van der Waals surface area contributed by atoms with Gasteiger partial charge in [0.15, 0.2) is 0 Å². The fourth-order valence-electron chi connectivity index (χ4n) is 10.3. The summed E-state index contributed by atoms with van der Waals surface area (Å²) < 4.78 is 2.56. The standard InChI is InChI=1S/C59H39NS/c1-4-20-41(21-5-1)45-31-17-33-49-57-54(38-19-39-55(57)61-58(45)49)60(52-36-15-13-29-47(52)46-32-16-23-40-22-10-11-28-44(40)46)53-37-18-35-51-56(53)48-30-12-14-34-50(48)59(51,42-24-6-2-7-25-42)43-26-8-3-9-27-43/h1-39H. The third kappa shape index (κ3) is 5.39. The average Bonchev–Trinajstić information content (AvgIpc) is 3.88. The quantitative estimate of drug-likeness (QED) is 0.155. The fraction of sp³-hybridized carbons (Fsp3) is 0.0169. The first-order valence-corrected chi connectivity index (χ1v) is 21.8. The van der Waals surface area contributed by atoms with Gasteiger partial charge in [-0.05, 0) is 79.5 Å². The smallest absolute Gasteiger partial charge is 0.0714 e. The maximum atomic E-state index is 2.59. The van der Waals surface area contributed by atoms with E-state index < -0.39 is 5.41 Å². The van der Waals surface area contributed by atoms with Crippen molar-refractivity contribution in [1.82, 2.24) is 0 Å². The predicted molar refractivity (Wildman–Crippen MR) is 260 cm³/mol. The Kier molecular flexibility index (Phi) is 8.33. The van der Waals surface area contributed by atoms with Gasteiger partial charge in [0.1, 0.15) is 0 Å². The number of thiophene rings is 1. The molecule has 2 heteroatoms. The average molecular weight is 794 g/mol. The fourth-order valence-corrected chi connectivity index (χ4v) is 11.5. The summed E-state index contributed by atoms with van der Waals surface area (Å²) in [6, 6.07) is 87.3. The number of fused-ring (bicyclic) bond motifs is 7. The van der Waals surface area contributed by atoms with E-state index in [1.54, 1.807) is 0 Å². The minimum atomic E-state index is -0.531. The molecule has 286 valence electrons. The summed E-state index contributed by atoms with van der Waals surface area (Å²) in [6.45, 7) is 0. The molecule has 1 aliphatic rings. The van der Waals surface area contributed by atoms with Gasteiger partial charge in [0.25, 0.3) is 0 Å². The van der Waals surface area contributed by atoms with Gasteiger partial charge in [-0.15, -0.1) is 11.3 Å². The van der Waals surface area contributed by atoms with E-state index in [0.717, 1.165) is 17.1 Å². The molecular weight excluding hydrogens is 755 g/mol. The van der Waals surface area contributed by atoms with Gasteiger partial charge in [-0.25, -0.2) is 0 Å². The third-order valence-corrected chi connectivity index (χ3v) is 14.0. The van der Waals surface area contributed by atoms with Crippen molar-refractivity contribution in [2.24, 2.45) is 0 Å². The Bertz CT molecular complexity index is 3380. The Hall–Kier alpha value is -7.52. The predicted octanol–water partition coefficient (Wildman–Crippen LogP) is 16.4. The number of hydrogen-bond donors (Lipinski definition) is 0. The zero-order valence-corrected chi connectivity index (χ0v) is 34.2. The molecule has 0 fully saturated rings. The molecule has 0 N–H and O–H groups in total. The second-order valence-electron chi connectivity index (χ2n) is 15.9. The number of para-hydroxylation sites is 1. The normalized spacial score (nSPS) is 12.7. The summed E-state index contributed by atoms with van der Waals surface area (Å²) in [5.41, 5.74) is 15.4. The highest BCUT2D eigenvalue weighted by Crippen LogP contribution is 2.60. The van der Waals surface area contributed by atoms with E-state index in [1.807, 2.05) is 11.3 Å². The summed E-state index contributed by atoms with van der Waals surface area (Å²) in [5, 5.41) is 4.99. The summed E-state index contributed by atoms with van der Waals surface area (Å²) in [5.74, 6) is 0. The van der Waals surface area contributed by atoms with Crippen molar-refractivity contribution in [1.29, 1.82) is 0 Å². The van der Waals surface area contributed by atoms with Crippen molar-refractivity contribution in [2.75, 3.05) is 4.90 Å². The van der Waals surface area contributed by atoms with E-state index in [-0.39, 0.29) is 0 Å². The third-order valence-electron chi connectivity index (χ3n) is 12.8. The molecule has 0 saturated carbocycles. The van der Waals surface area contributed by atoms with Crippen molar-refractivity contribution in [3.05, 3.63) is 259 Å². The van der Waals surface area contributed by atoms with E-state index >= 15 is 0 Å². The van der Waals surface area contributed by atoms with E-state index in [0.29, 0.717) is 0 Å². The van der Waals surface area contributed by atoms with E-state index in [4.69, 9.17) is 0 Å². The molecule has 1 nitrogen and oxygen atoms in total. The number of nitrogens with zero attached hydrogens (tertiary/aromatic N) is 1. The first-order valence-electron chi connectivity index (χ1n) is 21.0. The number of anilines is 3. The largest absolute Gasteiger partial charge is 0.309 e. The van der Waals surface area contributed by atoms with Gasteiger partial charge in [0.2, 0.25) is 0 Å². The van der Waals surface area contributed by atoms with Crippen molar-refractivity contribution in [3.8, 4) is 33.4 Å². The molecule has 0 radical (unpaired) electrons. The van der Waals surface area contributed by atoms with Crippen molar-refractivity contribution in [2.45, 2.75) is 5.41 Å². The Morgan fingerprint density at radius 2 is 0.869 bits per heavy atom. The molecule has 1 aromatic heterocycles. The molecule has 0 aliphatic heterocycles. The summed E-state index contributed by atoms with van der Waals surface area (Å²) in [7, 11) is 0. The molecular formula is C59H39NS. The van der Waals surface area contributed by atoms with E-state index in [1.165, 1.54) is 86.6 Å². The first kappa shape index (κ1) is 35.4.